The fourth-order valence-electron chi connectivity index (χ4n) is 3.94. The van der Waals surface area contributed by atoms with E-state index in [1.165, 1.54) is 0 Å². The summed E-state index contributed by atoms with van der Waals surface area (Å²) in [6, 6.07) is 8.94. The smallest absolute Gasteiger partial charge is 0.253 e. The maximum atomic E-state index is 12.7. The highest BCUT2D eigenvalue weighted by Crippen LogP contribution is 2.20. The highest BCUT2D eigenvalue weighted by Gasteiger charge is 2.23. The normalized spacial score (nSPS) is 15.5. The summed E-state index contributed by atoms with van der Waals surface area (Å²) in [5.41, 5.74) is 5.47. The molecule has 3 heterocycles. The molecule has 1 aliphatic heterocycles. The first-order valence-corrected chi connectivity index (χ1v) is 11.0. The van der Waals surface area contributed by atoms with Crippen molar-refractivity contribution in [3.05, 3.63) is 58.7 Å². The fraction of sp³-hybridized carbons (Fsp3) is 0.375. The second-order valence-corrected chi connectivity index (χ2v) is 8.31. The number of aromatic nitrogens is 4. The Kier molecular flexibility index (Phi) is 6.50. The van der Waals surface area contributed by atoms with Crippen LogP contribution in [-0.2, 0) is 20.7 Å². The Morgan fingerprint density at radius 1 is 1.03 bits per heavy atom. The van der Waals surface area contributed by atoms with E-state index in [2.05, 4.69) is 25.7 Å². The monoisotopic (exact) mass is 448 g/mol. The van der Waals surface area contributed by atoms with Gasteiger partial charge in [-0.1, -0.05) is 0 Å². The number of benzene rings is 1. The Labute approximate surface area is 192 Å². The molecule has 2 amide bonds. The van der Waals surface area contributed by atoms with Crippen LogP contribution in [0.5, 0.6) is 0 Å². The highest BCUT2D eigenvalue weighted by molar-refractivity contribution is 5.95. The van der Waals surface area contributed by atoms with Gasteiger partial charge in [-0.05, 0) is 70.9 Å². The number of aryl methyl sites for hydroxylation is 3. The summed E-state index contributed by atoms with van der Waals surface area (Å²) >= 11 is 0. The van der Waals surface area contributed by atoms with Crippen molar-refractivity contribution in [1.29, 1.82) is 0 Å². The number of carbonyl (C=O) groups excluding carboxylic acids is 2. The molecule has 0 unspecified atom stereocenters. The first-order chi connectivity index (χ1) is 15.8. The van der Waals surface area contributed by atoms with E-state index in [1.807, 2.05) is 33.8 Å². The zero-order chi connectivity index (χ0) is 23.5. The van der Waals surface area contributed by atoms with Crippen LogP contribution in [0.2, 0.25) is 0 Å². The molecule has 0 bridgehead atoms. The number of hydrogen-bond acceptors (Lipinski definition) is 6. The summed E-state index contributed by atoms with van der Waals surface area (Å²) in [4.78, 5) is 33.8. The van der Waals surface area contributed by atoms with Gasteiger partial charge in [0, 0.05) is 40.6 Å². The average Bonchev–Trinajstić information content (AvgIpc) is 3.39. The van der Waals surface area contributed by atoms with Gasteiger partial charge in [0.25, 0.3) is 11.9 Å². The fourth-order valence-corrected chi connectivity index (χ4v) is 3.94. The van der Waals surface area contributed by atoms with E-state index >= 15 is 0 Å². The minimum absolute atomic E-state index is 0.139. The Morgan fingerprint density at radius 2 is 1.67 bits per heavy atom. The van der Waals surface area contributed by atoms with E-state index in [-0.39, 0.29) is 24.3 Å². The number of amides is 2. The van der Waals surface area contributed by atoms with Crippen molar-refractivity contribution in [2.24, 2.45) is 0 Å². The lowest BCUT2D eigenvalue weighted by Gasteiger charge is -2.11. The zero-order valence-electron chi connectivity index (χ0n) is 19.3. The molecule has 0 spiro atoms. The van der Waals surface area contributed by atoms with Crippen molar-refractivity contribution in [1.82, 2.24) is 19.7 Å². The van der Waals surface area contributed by atoms with E-state index in [0.717, 1.165) is 41.2 Å². The second kappa shape index (κ2) is 9.50. The van der Waals surface area contributed by atoms with Crippen molar-refractivity contribution >= 4 is 23.2 Å². The summed E-state index contributed by atoms with van der Waals surface area (Å²) in [5.74, 6) is 0.207. The van der Waals surface area contributed by atoms with Gasteiger partial charge in [0.05, 0.1) is 12.1 Å². The summed E-state index contributed by atoms with van der Waals surface area (Å²) < 4.78 is 7.08. The molecule has 9 heteroatoms. The largest absolute Gasteiger partial charge is 0.368 e. The average molecular weight is 449 g/mol. The van der Waals surface area contributed by atoms with Gasteiger partial charge in [0.1, 0.15) is 6.10 Å². The second-order valence-electron chi connectivity index (χ2n) is 8.31. The molecule has 2 aromatic heterocycles. The predicted octanol–water partition coefficient (Wildman–Crippen LogP) is 3.19. The van der Waals surface area contributed by atoms with Crippen LogP contribution < -0.4 is 10.6 Å². The van der Waals surface area contributed by atoms with Crippen molar-refractivity contribution in [2.75, 3.05) is 17.2 Å². The van der Waals surface area contributed by atoms with Crippen molar-refractivity contribution < 1.29 is 14.3 Å². The lowest BCUT2D eigenvalue weighted by molar-refractivity contribution is -0.124. The Bertz CT molecular complexity index is 1160. The topological polar surface area (TPSA) is 111 Å². The molecule has 1 fully saturated rings. The van der Waals surface area contributed by atoms with Crippen molar-refractivity contribution in [2.45, 2.75) is 53.1 Å². The molecule has 4 rings (SSSR count). The van der Waals surface area contributed by atoms with Crippen LogP contribution >= 0.6 is 0 Å². The van der Waals surface area contributed by atoms with Gasteiger partial charge in [-0.3, -0.25) is 9.59 Å². The Morgan fingerprint density at radius 3 is 2.27 bits per heavy atom. The number of nitrogens with zero attached hydrogens (tertiary/aromatic N) is 4. The number of anilines is 2. The van der Waals surface area contributed by atoms with E-state index in [1.54, 1.807) is 28.9 Å². The summed E-state index contributed by atoms with van der Waals surface area (Å²) in [6.07, 6.45) is 1.44. The molecule has 1 aromatic carbocycles. The lowest BCUT2D eigenvalue weighted by Crippen LogP contribution is -2.26. The molecule has 1 atom stereocenters. The van der Waals surface area contributed by atoms with Gasteiger partial charge >= 0.3 is 0 Å². The molecule has 0 radical (unpaired) electrons. The lowest BCUT2D eigenvalue weighted by atomic mass is 10.1. The van der Waals surface area contributed by atoms with Gasteiger partial charge in [0.2, 0.25) is 5.91 Å². The maximum absolute atomic E-state index is 12.7. The molecule has 172 valence electrons. The number of hydrogen-bond donors (Lipinski definition) is 2. The highest BCUT2D eigenvalue weighted by atomic mass is 16.5. The van der Waals surface area contributed by atoms with Crippen molar-refractivity contribution in [3.63, 3.8) is 0 Å². The van der Waals surface area contributed by atoms with Crippen LogP contribution in [0, 0.1) is 27.7 Å². The molecule has 2 N–H and O–H groups in total. The number of carbonyl (C=O) groups is 2. The predicted molar refractivity (Wildman–Crippen MR) is 124 cm³/mol. The van der Waals surface area contributed by atoms with Crippen LogP contribution in [0.4, 0.5) is 11.4 Å². The van der Waals surface area contributed by atoms with Gasteiger partial charge in [-0.15, -0.1) is 0 Å². The van der Waals surface area contributed by atoms with Gasteiger partial charge in [-0.2, -0.15) is 5.10 Å². The van der Waals surface area contributed by atoms with Crippen LogP contribution in [0.1, 0.15) is 41.2 Å². The van der Waals surface area contributed by atoms with Crippen LogP contribution in [0.3, 0.4) is 0 Å². The SMILES string of the molecule is Cc1cc(C)nc(-n2nc(C)c(CC(=O)Nc3ccc(NC(=O)[C@H]4CCCO4)cc3)c2C)n1. The van der Waals surface area contributed by atoms with E-state index < -0.39 is 0 Å². The molecule has 9 nitrogen and oxygen atoms in total. The molecule has 1 saturated heterocycles. The van der Waals surface area contributed by atoms with E-state index in [9.17, 15) is 9.59 Å². The minimum Gasteiger partial charge on any atom is -0.368 e. The minimum atomic E-state index is -0.383. The van der Waals surface area contributed by atoms with E-state index in [0.29, 0.717) is 23.9 Å². The van der Waals surface area contributed by atoms with Gasteiger partial charge in [-0.25, -0.2) is 14.6 Å². The Hall–Kier alpha value is -3.59. The van der Waals surface area contributed by atoms with Crippen LogP contribution in [-0.4, -0.2) is 44.3 Å². The third-order valence-corrected chi connectivity index (χ3v) is 5.60. The molecule has 0 aliphatic carbocycles. The maximum Gasteiger partial charge on any atom is 0.253 e. The summed E-state index contributed by atoms with van der Waals surface area (Å²) in [7, 11) is 0. The molecule has 1 aliphatic rings. The number of nitrogens with one attached hydrogen (secondary N) is 2. The van der Waals surface area contributed by atoms with Gasteiger partial charge < -0.3 is 15.4 Å². The molecule has 3 aromatic rings. The standard InChI is InChI=1S/C24H28N6O3/c1-14-12-15(2)26-24(25-14)30-17(4)20(16(3)29-30)13-22(31)27-18-7-9-19(10-8-18)28-23(32)21-6-5-11-33-21/h7-10,12,21H,5-6,11,13H2,1-4H3,(H,27,31)(H,28,32)/t21-/m1/s1. The number of ether oxygens (including phenoxy) is 1. The number of rotatable bonds is 6. The third kappa shape index (κ3) is 5.25. The molecule has 0 saturated carbocycles. The summed E-state index contributed by atoms with van der Waals surface area (Å²) in [6.45, 7) is 8.24. The summed E-state index contributed by atoms with van der Waals surface area (Å²) in [5, 5.41) is 10.3. The first kappa shape index (κ1) is 22.6. The molecule has 33 heavy (non-hydrogen) atoms. The van der Waals surface area contributed by atoms with Crippen LogP contribution in [0.25, 0.3) is 5.95 Å². The first-order valence-electron chi connectivity index (χ1n) is 11.0. The van der Waals surface area contributed by atoms with Crippen LogP contribution in [0.15, 0.2) is 30.3 Å². The quantitative estimate of drug-likeness (QED) is 0.599. The Balaban J connectivity index is 1.40. The van der Waals surface area contributed by atoms with Crippen molar-refractivity contribution in [3.8, 4) is 5.95 Å². The van der Waals surface area contributed by atoms with E-state index in [4.69, 9.17) is 4.74 Å². The van der Waals surface area contributed by atoms with Gasteiger partial charge in [0.15, 0.2) is 0 Å². The third-order valence-electron chi connectivity index (χ3n) is 5.60. The molecular formula is C24H28N6O3. The molecular weight excluding hydrogens is 420 g/mol. The zero-order valence-corrected chi connectivity index (χ0v) is 19.3.